The summed E-state index contributed by atoms with van der Waals surface area (Å²) in [6.07, 6.45) is 0. The number of hydrogen-bond acceptors (Lipinski definition) is 5. The Hall–Kier alpha value is -6.43. The smallest absolute Gasteiger partial charge is 0.164 e. The number of anilines is 2. The molecular formula is C47H32N4S. The summed E-state index contributed by atoms with van der Waals surface area (Å²) in [6.45, 7) is 0.906. The van der Waals surface area contributed by atoms with E-state index in [0.29, 0.717) is 23.4 Å². The minimum absolute atomic E-state index is 0.299. The molecule has 0 saturated carbocycles. The normalized spacial score (nSPS) is 13.8. The number of benzene rings is 7. The van der Waals surface area contributed by atoms with E-state index in [4.69, 9.17) is 15.0 Å². The molecule has 10 rings (SSSR count). The molecule has 0 saturated heterocycles. The number of hydrogen-bond donors (Lipinski definition) is 0. The van der Waals surface area contributed by atoms with Crippen LogP contribution in [0.25, 0.3) is 65.5 Å². The summed E-state index contributed by atoms with van der Waals surface area (Å²) in [4.78, 5) is 17.5. The van der Waals surface area contributed by atoms with Crippen molar-refractivity contribution < 1.29 is 0 Å². The molecule has 5 heteroatoms. The first-order valence-electron chi connectivity index (χ1n) is 17.6. The first kappa shape index (κ1) is 30.4. The molecule has 1 unspecified atom stereocenters. The molecule has 1 aliphatic rings. The third kappa shape index (κ3) is 5.34. The van der Waals surface area contributed by atoms with Gasteiger partial charge in [0.2, 0.25) is 0 Å². The second-order valence-electron chi connectivity index (χ2n) is 13.2. The number of thiophene rings is 1. The molecular weight excluding hydrogens is 653 g/mol. The molecule has 0 bridgehead atoms. The zero-order valence-corrected chi connectivity index (χ0v) is 29.0. The highest BCUT2D eigenvalue weighted by molar-refractivity contribution is 7.26. The lowest BCUT2D eigenvalue weighted by atomic mass is 9.91. The zero-order chi connectivity index (χ0) is 34.4. The Bertz CT molecular complexity index is 2650. The fourth-order valence-corrected chi connectivity index (χ4v) is 8.70. The molecule has 0 N–H and O–H groups in total. The number of fused-ring (bicyclic) bond motifs is 4. The number of para-hydroxylation sites is 1. The summed E-state index contributed by atoms with van der Waals surface area (Å²) in [5.41, 5.74) is 10.5. The third-order valence-corrected chi connectivity index (χ3v) is 11.2. The molecule has 7 aromatic carbocycles. The van der Waals surface area contributed by atoms with Crippen LogP contribution in [0.2, 0.25) is 0 Å². The molecule has 4 nitrogen and oxygen atoms in total. The molecule has 0 spiro atoms. The van der Waals surface area contributed by atoms with Gasteiger partial charge < -0.3 is 4.90 Å². The van der Waals surface area contributed by atoms with Crippen molar-refractivity contribution in [2.45, 2.75) is 5.92 Å². The van der Waals surface area contributed by atoms with Crippen molar-refractivity contribution in [3.8, 4) is 45.3 Å². The van der Waals surface area contributed by atoms with Crippen molar-refractivity contribution >= 4 is 42.9 Å². The first-order valence-corrected chi connectivity index (χ1v) is 18.4. The highest BCUT2D eigenvalue weighted by Gasteiger charge is 2.31. The average Bonchev–Trinajstić information content (AvgIpc) is 3.80. The van der Waals surface area contributed by atoms with Crippen molar-refractivity contribution in [3.63, 3.8) is 0 Å². The minimum Gasteiger partial charge on any atom is -0.340 e. The van der Waals surface area contributed by atoms with Crippen LogP contribution in [0.4, 0.5) is 11.4 Å². The Kier molecular flexibility index (Phi) is 7.43. The van der Waals surface area contributed by atoms with E-state index in [-0.39, 0.29) is 0 Å². The van der Waals surface area contributed by atoms with Crippen LogP contribution in [0.5, 0.6) is 0 Å². The summed E-state index contributed by atoms with van der Waals surface area (Å²) in [5.74, 6) is 2.28. The van der Waals surface area contributed by atoms with E-state index in [0.717, 1.165) is 23.2 Å². The number of rotatable bonds is 6. The molecule has 1 atom stereocenters. The molecule has 0 radical (unpaired) electrons. The maximum absolute atomic E-state index is 5.04. The lowest BCUT2D eigenvalue weighted by Gasteiger charge is -2.21. The van der Waals surface area contributed by atoms with Crippen LogP contribution in [-0.4, -0.2) is 21.5 Å². The molecule has 2 aromatic heterocycles. The highest BCUT2D eigenvalue weighted by atomic mass is 32.1. The van der Waals surface area contributed by atoms with Crippen LogP contribution < -0.4 is 4.90 Å². The van der Waals surface area contributed by atoms with Crippen molar-refractivity contribution in [3.05, 3.63) is 187 Å². The van der Waals surface area contributed by atoms with Crippen molar-refractivity contribution in [1.29, 1.82) is 0 Å². The predicted octanol–water partition coefficient (Wildman–Crippen LogP) is 12.2. The minimum atomic E-state index is 0.299. The quantitative estimate of drug-likeness (QED) is 0.175. The van der Waals surface area contributed by atoms with E-state index >= 15 is 0 Å². The van der Waals surface area contributed by atoms with Crippen LogP contribution in [-0.2, 0) is 0 Å². The fourth-order valence-electron chi connectivity index (χ4n) is 7.59. The van der Waals surface area contributed by atoms with E-state index in [9.17, 15) is 0 Å². The van der Waals surface area contributed by atoms with E-state index in [2.05, 4.69) is 120 Å². The highest BCUT2D eigenvalue weighted by Crippen LogP contribution is 2.47. The maximum atomic E-state index is 5.04. The van der Waals surface area contributed by atoms with E-state index < -0.39 is 0 Å². The topological polar surface area (TPSA) is 41.9 Å². The Balaban J connectivity index is 1.13. The van der Waals surface area contributed by atoms with E-state index in [1.54, 1.807) is 0 Å². The number of nitrogens with zero attached hydrogens (tertiary/aromatic N) is 4. The standard InChI is InChI=1S/C47H32N4S/c1-5-14-31(15-6-1)40-30-51(36-20-11-4-12-21-36)41-29-34(24-26-38(40)41)37-22-13-23-43-44(37)39-28-35(25-27-42(39)52-43)47-49-45(32-16-7-2-8-17-32)48-46(50-47)33-18-9-3-10-19-33/h1-29,40H,30H2. The summed E-state index contributed by atoms with van der Waals surface area (Å²) < 4.78 is 2.50. The maximum Gasteiger partial charge on any atom is 0.164 e. The molecule has 0 fully saturated rings. The largest absolute Gasteiger partial charge is 0.340 e. The molecule has 0 aliphatic carbocycles. The Labute approximate surface area is 306 Å². The summed E-state index contributed by atoms with van der Waals surface area (Å²) >= 11 is 1.83. The van der Waals surface area contributed by atoms with Gasteiger partial charge in [0.1, 0.15) is 0 Å². The molecule has 1 aliphatic heterocycles. The predicted molar refractivity (Wildman–Crippen MR) is 216 cm³/mol. The molecule has 246 valence electrons. The van der Waals surface area contributed by atoms with Gasteiger partial charge in [-0.05, 0) is 64.7 Å². The monoisotopic (exact) mass is 684 g/mol. The SMILES string of the molecule is c1ccc(-c2nc(-c3ccccc3)nc(-c3ccc4sc5cccc(-c6ccc7c(c6)N(c6ccccc6)CC7c6ccccc6)c5c4c3)n2)cc1. The zero-order valence-electron chi connectivity index (χ0n) is 28.2. The van der Waals surface area contributed by atoms with Gasteiger partial charge in [0, 0.05) is 60.7 Å². The average molecular weight is 685 g/mol. The first-order chi connectivity index (χ1) is 25.8. The third-order valence-electron chi connectivity index (χ3n) is 10.1. The Morgan fingerprint density at radius 1 is 0.481 bits per heavy atom. The van der Waals surface area contributed by atoms with Crippen molar-refractivity contribution in [1.82, 2.24) is 15.0 Å². The van der Waals surface area contributed by atoms with Crippen LogP contribution >= 0.6 is 11.3 Å². The van der Waals surface area contributed by atoms with Gasteiger partial charge in [0.15, 0.2) is 17.5 Å². The van der Waals surface area contributed by atoms with Gasteiger partial charge in [-0.2, -0.15) is 0 Å². The van der Waals surface area contributed by atoms with Crippen molar-refractivity contribution in [2.75, 3.05) is 11.4 Å². The summed E-state index contributed by atoms with van der Waals surface area (Å²) in [7, 11) is 0. The summed E-state index contributed by atoms with van der Waals surface area (Å²) in [5, 5.41) is 2.47. The van der Waals surface area contributed by atoms with Crippen LogP contribution in [0.3, 0.4) is 0 Å². The second-order valence-corrected chi connectivity index (χ2v) is 14.3. The second kappa shape index (κ2) is 12.7. The summed E-state index contributed by atoms with van der Waals surface area (Å²) in [6, 6.07) is 62.4. The van der Waals surface area contributed by atoms with Gasteiger partial charge in [-0.25, -0.2) is 15.0 Å². The fraction of sp³-hybridized carbons (Fsp3) is 0.0426. The van der Waals surface area contributed by atoms with Gasteiger partial charge in [0.05, 0.1) is 0 Å². The van der Waals surface area contributed by atoms with Gasteiger partial charge in [-0.3, -0.25) is 0 Å². The van der Waals surface area contributed by atoms with Crippen molar-refractivity contribution in [2.24, 2.45) is 0 Å². The lowest BCUT2D eigenvalue weighted by Crippen LogP contribution is -2.16. The molecule has 9 aromatic rings. The van der Waals surface area contributed by atoms with E-state index in [1.165, 1.54) is 53.8 Å². The molecule has 0 amide bonds. The van der Waals surface area contributed by atoms with Crippen LogP contribution in [0.1, 0.15) is 17.0 Å². The van der Waals surface area contributed by atoms with E-state index in [1.807, 2.05) is 72.0 Å². The van der Waals surface area contributed by atoms with Gasteiger partial charge in [-0.15, -0.1) is 11.3 Å². The van der Waals surface area contributed by atoms with Gasteiger partial charge in [0.25, 0.3) is 0 Å². The Morgan fingerprint density at radius 3 is 1.75 bits per heavy atom. The van der Waals surface area contributed by atoms with Crippen LogP contribution in [0, 0.1) is 0 Å². The Morgan fingerprint density at radius 2 is 1.08 bits per heavy atom. The van der Waals surface area contributed by atoms with Crippen LogP contribution in [0.15, 0.2) is 176 Å². The van der Waals surface area contributed by atoms with Gasteiger partial charge in [-0.1, -0.05) is 133 Å². The molecule has 52 heavy (non-hydrogen) atoms. The van der Waals surface area contributed by atoms with Gasteiger partial charge >= 0.3 is 0 Å². The lowest BCUT2D eigenvalue weighted by molar-refractivity contribution is 0.858. The molecule has 3 heterocycles. The number of aromatic nitrogens is 3.